The number of rotatable bonds is 9. The van der Waals surface area contributed by atoms with E-state index in [1.54, 1.807) is 0 Å². The monoisotopic (exact) mass is 536 g/mol. The van der Waals surface area contributed by atoms with Gasteiger partial charge in [-0.1, -0.05) is 141 Å². The average Bonchev–Trinajstić information content (AvgIpc) is 2.95. The van der Waals surface area contributed by atoms with Crippen LogP contribution in [-0.4, -0.2) is 12.3 Å². The van der Waals surface area contributed by atoms with Crippen LogP contribution in [0.4, 0.5) is 0 Å². The molecule has 0 saturated heterocycles. The third kappa shape index (κ3) is 12.0. The number of aryl methyl sites for hydroxylation is 4. The number of hydrogen-bond donors (Lipinski definition) is 0. The summed E-state index contributed by atoms with van der Waals surface area (Å²) in [4.78, 5) is 8.00. The molecule has 40 heavy (non-hydrogen) atoms. The van der Waals surface area contributed by atoms with E-state index < -0.39 is 0 Å². The summed E-state index contributed by atoms with van der Waals surface area (Å²) < 4.78 is 0. The Morgan fingerprint density at radius 1 is 0.700 bits per heavy atom. The van der Waals surface area contributed by atoms with Crippen LogP contribution in [0.1, 0.15) is 83.5 Å². The van der Waals surface area contributed by atoms with E-state index in [-0.39, 0.29) is 5.48 Å². The minimum Gasteiger partial charge on any atom is -0.412 e. The first kappa shape index (κ1) is 34.3. The van der Waals surface area contributed by atoms with E-state index in [0.717, 1.165) is 12.8 Å². The predicted molar refractivity (Wildman–Crippen MR) is 174 cm³/mol. The van der Waals surface area contributed by atoms with Gasteiger partial charge in [0.15, 0.2) is 0 Å². The van der Waals surface area contributed by atoms with E-state index in [4.69, 9.17) is 4.79 Å². The summed E-state index contributed by atoms with van der Waals surface area (Å²) >= 11 is 0. The Kier molecular flexibility index (Phi) is 15.9. The highest BCUT2D eigenvalue weighted by Crippen LogP contribution is 2.29. The normalized spacial score (nSPS) is 10.6. The van der Waals surface area contributed by atoms with Gasteiger partial charge in [-0.25, -0.2) is 0 Å². The molecule has 2 heteroatoms. The maximum absolute atomic E-state index is 8.00. The van der Waals surface area contributed by atoms with E-state index in [2.05, 4.69) is 138 Å². The van der Waals surface area contributed by atoms with E-state index in [0.29, 0.717) is 5.92 Å². The Bertz CT molecular complexity index is 1270. The standard InChI is InChI=1S/C26H28.C11H16.CH2O.H2O/c1-19-11-13-23(14-12-19)17-24-8-6-10-26(18-24)22(4)16-21(3)25-9-5-7-20(2)15-25;1-3-4-5-11-8-6-10(2)7-9-11;1-2;/h5-15,18,22H,3,16-17H2,1-2,4H3;6-9H,3-5H2,1-2H3;1H2;1H2. The largest absolute Gasteiger partial charge is 0.412 e. The Labute approximate surface area is 243 Å². The number of unbranched alkanes of at least 4 members (excludes halogenated alkanes) is 1. The molecule has 0 spiro atoms. The van der Waals surface area contributed by atoms with Gasteiger partial charge in [0.25, 0.3) is 0 Å². The highest BCUT2D eigenvalue weighted by atomic mass is 16.1. The zero-order valence-electron chi connectivity index (χ0n) is 25.2. The predicted octanol–water partition coefficient (Wildman–Crippen LogP) is 9.43. The van der Waals surface area contributed by atoms with Crippen LogP contribution in [0.3, 0.4) is 0 Å². The molecular weight excluding hydrogens is 488 g/mol. The van der Waals surface area contributed by atoms with Crippen LogP contribution in [0.2, 0.25) is 0 Å². The Morgan fingerprint density at radius 2 is 1.27 bits per heavy atom. The molecule has 4 aromatic rings. The lowest BCUT2D eigenvalue weighted by Crippen LogP contribution is -1.98. The van der Waals surface area contributed by atoms with Gasteiger partial charge >= 0.3 is 0 Å². The molecule has 0 aromatic heterocycles. The van der Waals surface area contributed by atoms with Crippen molar-refractivity contribution in [2.45, 2.75) is 72.6 Å². The summed E-state index contributed by atoms with van der Waals surface area (Å²) in [6.07, 6.45) is 5.80. The summed E-state index contributed by atoms with van der Waals surface area (Å²) in [6, 6.07) is 35.3. The van der Waals surface area contributed by atoms with Crippen molar-refractivity contribution in [2.24, 2.45) is 0 Å². The summed E-state index contributed by atoms with van der Waals surface area (Å²) in [5.74, 6) is 0.459. The lowest BCUT2D eigenvalue weighted by molar-refractivity contribution is -0.0980. The maximum Gasteiger partial charge on any atom is 0.106 e. The average molecular weight is 537 g/mol. The number of hydrogen-bond acceptors (Lipinski definition) is 1. The minimum absolute atomic E-state index is 0. The van der Waals surface area contributed by atoms with E-state index in [1.807, 2.05) is 6.79 Å². The molecule has 2 nitrogen and oxygen atoms in total. The van der Waals surface area contributed by atoms with Crippen molar-refractivity contribution in [3.8, 4) is 0 Å². The van der Waals surface area contributed by atoms with Crippen LogP contribution in [0.25, 0.3) is 5.57 Å². The molecule has 0 amide bonds. The molecule has 0 heterocycles. The van der Waals surface area contributed by atoms with Gasteiger partial charge in [-0.3, -0.25) is 0 Å². The van der Waals surface area contributed by atoms with Crippen LogP contribution in [-0.2, 0) is 17.6 Å². The molecule has 0 bridgehead atoms. The van der Waals surface area contributed by atoms with Gasteiger partial charge in [0.05, 0.1) is 0 Å². The van der Waals surface area contributed by atoms with Gasteiger partial charge in [0, 0.05) is 0 Å². The summed E-state index contributed by atoms with van der Waals surface area (Å²) in [7, 11) is 0. The molecule has 4 aromatic carbocycles. The van der Waals surface area contributed by atoms with Gasteiger partial charge in [-0.2, -0.15) is 0 Å². The molecule has 0 aliphatic rings. The second-order valence-corrected chi connectivity index (χ2v) is 10.6. The lowest BCUT2D eigenvalue weighted by atomic mass is 9.89. The molecule has 0 aliphatic heterocycles. The van der Waals surface area contributed by atoms with Crippen LogP contribution in [0.15, 0.2) is 104 Å². The van der Waals surface area contributed by atoms with Crippen molar-refractivity contribution in [3.05, 3.63) is 148 Å². The van der Waals surface area contributed by atoms with Crippen LogP contribution in [0.5, 0.6) is 0 Å². The van der Waals surface area contributed by atoms with E-state index in [1.165, 1.54) is 69.3 Å². The van der Waals surface area contributed by atoms with E-state index in [9.17, 15) is 0 Å². The van der Waals surface area contributed by atoms with E-state index >= 15 is 0 Å². The summed E-state index contributed by atoms with van der Waals surface area (Å²) in [5.41, 5.74) is 12.0. The first-order valence-corrected chi connectivity index (χ1v) is 14.1. The molecule has 0 aliphatic carbocycles. The molecule has 2 N–H and O–H groups in total. The SMILES string of the molecule is C=C(CC(C)c1cccc(Cc2ccc(C)cc2)c1)c1cccc(C)c1.C=O.CCCCc1ccc(C)cc1.O. The third-order valence-electron chi connectivity index (χ3n) is 6.97. The fraction of sp³-hybridized carbons (Fsp3) is 0.289. The maximum atomic E-state index is 8.00. The number of benzene rings is 4. The third-order valence-corrected chi connectivity index (χ3v) is 6.97. The summed E-state index contributed by atoms with van der Waals surface area (Å²) in [5, 5.41) is 0. The molecule has 1 unspecified atom stereocenters. The zero-order chi connectivity index (χ0) is 28.6. The lowest BCUT2D eigenvalue weighted by Gasteiger charge is -2.16. The fourth-order valence-electron chi connectivity index (χ4n) is 4.56. The van der Waals surface area contributed by atoms with Gasteiger partial charge in [-0.05, 0) is 85.8 Å². The van der Waals surface area contributed by atoms with Gasteiger partial charge in [-0.15, -0.1) is 0 Å². The van der Waals surface area contributed by atoms with Crippen molar-refractivity contribution in [1.82, 2.24) is 0 Å². The highest BCUT2D eigenvalue weighted by Gasteiger charge is 2.10. The molecule has 1 atom stereocenters. The van der Waals surface area contributed by atoms with Gasteiger partial charge in [0.2, 0.25) is 0 Å². The zero-order valence-corrected chi connectivity index (χ0v) is 25.2. The van der Waals surface area contributed by atoms with Crippen LogP contribution >= 0.6 is 0 Å². The van der Waals surface area contributed by atoms with Crippen molar-refractivity contribution >= 4 is 12.4 Å². The first-order chi connectivity index (χ1) is 18.8. The molecule has 0 radical (unpaired) electrons. The molecule has 212 valence electrons. The Balaban J connectivity index is 0.000000481. The van der Waals surface area contributed by atoms with Crippen molar-refractivity contribution < 1.29 is 10.3 Å². The van der Waals surface area contributed by atoms with Crippen molar-refractivity contribution in [1.29, 1.82) is 0 Å². The molecular formula is C38H48O2. The van der Waals surface area contributed by atoms with Gasteiger partial charge in [0.1, 0.15) is 6.79 Å². The molecule has 4 rings (SSSR count). The Hall–Kier alpha value is -3.75. The van der Waals surface area contributed by atoms with Crippen LogP contribution in [0, 0.1) is 20.8 Å². The number of carbonyl (C=O) groups excluding carboxylic acids is 1. The minimum atomic E-state index is 0. The summed E-state index contributed by atoms with van der Waals surface area (Å²) in [6.45, 7) is 17.3. The van der Waals surface area contributed by atoms with Gasteiger partial charge < -0.3 is 10.3 Å². The fourth-order valence-corrected chi connectivity index (χ4v) is 4.56. The Morgan fingerprint density at radius 3 is 1.85 bits per heavy atom. The molecule has 0 saturated carbocycles. The number of allylic oxidation sites excluding steroid dienone is 1. The van der Waals surface area contributed by atoms with Crippen molar-refractivity contribution in [3.63, 3.8) is 0 Å². The first-order valence-electron chi connectivity index (χ1n) is 14.1. The topological polar surface area (TPSA) is 48.6 Å². The highest BCUT2D eigenvalue weighted by molar-refractivity contribution is 5.64. The second kappa shape index (κ2) is 18.5. The smallest absolute Gasteiger partial charge is 0.106 e. The molecule has 0 fully saturated rings. The van der Waals surface area contributed by atoms with Crippen molar-refractivity contribution in [2.75, 3.05) is 0 Å². The quantitative estimate of drug-likeness (QED) is 0.210. The van der Waals surface area contributed by atoms with Crippen LogP contribution < -0.4 is 0 Å². The second-order valence-electron chi connectivity index (χ2n) is 10.6. The number of carbonyl (C=O) groups is 1.